The zero-order chi connectivity index (χ0) is 16.3. The van der Waals surface area contributed by atoms with Crippen LogP contribution >= 0.6 is 0 Å². The smallest absolute Gasteiger partial charge is 0.214 e. The van der Waals surface area contributed by atoms with Crippen LogP contribution in [0.25, 0.3) is 0 Å². The average Bonchev–Trinajstić information content (AvgIpc) is 3.32. The van der Waals surface area contributed by atoms with E-state index < -0.39 is 10.0 Å². The molecule has 2 fully saturated rings. The molecule has 0 radical (unpaired) electrons. The number of morpholine rings is 1. The van der Waals surface area contributed by atoms with E-state index in [1.807, 2.05) is 25.1 Å². The number of rotatable bonds is 7. The summed E-state index contributed by atoms with van der Waals surface area (Å²) >= 11 is 0. The first-order valence-corrected chi connectivity index (χ1v) is 9.82. The van der Waals surface area contributed by atoms with Crippen molar-refractivity contribution >= 4 is 10.0 Å². The van der Waals surface area contributed by atoms with Gasteiger partial charge in [-0.1, -0.05) is 6.07 Å². The van der Waals surface area contributed by atoms with Crippen molar-refractivity contribution in [1.82, 2.24) is 14.6 Å². The van der Waals surface area contributed by atoms with Gasteiger partial charge in [0.2, 0.25) is 10.0 Å². The minimum atomic E-state index is -3.08. The van der Waals surface area contributed by atoms with Gasteiger partial charge in [-0.2, -0.15) is 0 Å². The Hall–Kier alpha value is -1.02. The summed E-state index contributed by atoms with van der Waals surface area (Å²) in [6, 6.07) is 6.07. The van der Waals surface area contributed by atoms with Crippen molar-refractivity contribution in [3.63, 3.8) is 0 Å². The molecule has 1 aliphatic carbocycles. The van der Waals surface area contributed by atoms with Gasteiger partial charge in [0.25, 0.3) is 0 Å². The summed E-state index contributed by atoms with van der Waals surface area (Å²) in [6.45, 7) is 5.67. The molecular formula is C16H25N3O3S. The van der Waals surface area contributed by atoms with Crippen LogP contribution in [0.15, 0.2) is 18.2 Å². The van der Waals surface area contributed by atoms with E-state index in [4.69, 9.17) is 4.74 Å². The first-order chi connectivity index (χ1) is 11.0. The first-order valence-electron chi connectivity index (χ1n) is 8.28. The molecule has 1 saturated heterocycles. The lowest BCUT2D eigenvalue weighted by Gasteiger charge is -2.32. The normalized spacial score (nSPS) is 23.1. The molecule has 128 valence electrons. The number of hydrogen-bond acceptors (Lipinski definition) is 5. The molecule has 0 aromatic carbocycles. The number of nitrogens with one attached hydrogen (secondary N) is 1. The van der Waals surface area contributed by atoms with Crippen LogP contribution in [-0.4, -0.2) is 55.9 Å². The summed E-state index contributed by atoms with van der Waals surface area (Å²) in [6.07, 6.45) is 2.39. The first kappa shape index (κ1) is 16.8. The van der Waals surface area contributed by atoms with E-state index in [0.29, 0.717) is 19.6 Å². The van der Waals surface area contributed by atoms with E-state index in [0.717, 1.165) is 43.9 Å². The van der Waals surface area contributed by atoms with Crippen molar-refractivity contribution in [2.24, 2.45) is 0 Å². The molecule has 0 bridgehead atoms. The Morgan fingerprint density at radius 1 is 1.39 bits per heavy atom. The quantitative estimate of drug-likeness (QED) is 0.804. The second-order valence-corrected chi connectivity index (χ2v) is 8.47. The molecule has 1 N–H and O–H groups in total. The van der Waals surface area contributed by atoms with Crippen LogP contribution in [-0.2, 0) is 21.3 Å². The van der Waals surface area contributed by atoms with E-state index in [9.17, 15) is 8.42 Å². The zero-order valence-corrected chi connectivity index (χ0v) is 14.4. The van der Waals surface area contributed by atoms with Crippen molar-refractivity contribution in [3.05, 3.63) is 29.6 Å². The van der Waals surface area contributed by atoms with E-state index in [1.165, 1.54) is 0 Å². The van der Waals surface area contributed by atoms with E-state index in [2.05, 4.69) is 14.6 Å². The van der Waals surface area contributed by atoms with Crippen LogP contribution in [0.2, 0.25) is 0 Å². The summed E-state index contributed by atoms with van der Waals surface area (Å²) < 4.78 is 32.1. The molecule has 0 amide bonds. The predicted octanol–water partition coefficient (Wildman–Crippen LogP) is 1.06. The lowest BCUT2D eigenvalue weighted by atomic mass is 10.2. The maximum absolute atomic E-state index is 11.8. The molecule has 0 spiro atoms. The second-order valence-electron chi connectivity index (χ2n) is 6.43. The Bertz CT molecular complexity index is 631. The molecule has 1 aromatic rings. The van der Waals surface area contributed by atoms with Crippen LogP contribution in [0.4, 0.5) is 0 Å². The molecule has 2 aliphatic rings. The fourth-order valence-electron chi connectivity index (χ4n) is 2.87. The summed E-state index contributed by atoms with van der Waals surface area (Å²) in [7, 11) is -3.08. The van der Waals surface area contributed by atoms with Crippen LogP contribution in [0.1, 0.15) is 30.7 Å². The highest BCUT2D eigenvalue weighted by molar-refractivity contribution is 7.90. The summed E-state index contributed by atoms with van der Waals surface area (Å²) in [4.78, 5) is 6.86. The minimum absolute atomic E-state index is 0.0791. The molecule has 7 heteroatoms. The largest absolute Gasteiger partial charge is 0.376 e. The molecule has 1 aliphatic heterocycles. The number of sulfonamides is 1. The molecule has 1 atom stereocenters. The minimum Gasteiger partial charge on any atom is -0.376 e. The highest BCUT2D eigenvalue weighted by Gasteiger charge is 2.35. The lowest BCUT2D eigenvalue weighted by molar-refractivity contribution is -0.0342. The number of nitrogens with zero attached hydrogens (tertiary/aromatic N) is 2. The maximum Gasteiger partial charge on any atom is 0.214 e. The highest BCUT2D eigenvalue weighted by Crippen LogP contribution is 2.27. The van der Waals surface area contributed by atoms with Crippen LogP contribution in [0.3, 0.4) is 0 Å². The fraction of sp³-hybridized carbons (Fsp3) is 0.688. The summed E-state index contributed by atoms with van der Waals surface area (Å²) in [5.74, 6) is 0. The molecule has 3 rings (SSSR count). The second kappa shape index (κ2) is 7.25. The molecular weight excluding hydrogens is 314 g/mol. The van der Waals surface area contributed by atoms with E-state index >= 15 is 0 Å². The van der Waals surface area contributed by atoms with Gasteiger partial charge in [0.1, 0.15) is 0 Å². The van der Waals surface area contributed by atoms with Gasteiger partial charge in [0.15, 0.2) is 0 Å². The molecule has 0 unspecified atom stereocenters. The monoisotopic (exact) mass is 339 g/mol. The van der Waals surface area contributed by atoms with Crippen molar-refractivity contribution in [3.8, 4) is 0 Å². The Morgan fingerprint density at radius 3 is 2.96 bits per heavy atom. The summed E-state index contributed by atoms with van der Waals surface area (Å²) in [5.41, 5.74) is 2.10. The maximum atomic E-state index is 11.8. The van der Waals surface area contributed by atoms with Gasteiger partial charge in [-0.25, -0.2) is 13.1 Å². The average molecular weight is 339 g/mol. The Labute approximate surface area is 138 Å². The van der Waals surface area contributed by atoms with Crippen molar-refractivity contribution in [2.45, 2.75) is 44.1 Å². The Balaban J connectivity index is 1.44. The SMILES string of the molecule is Cc1cccc(CN2CCO[C@@H](CCNS(=O)(=O)C3CC3)C2)n1. The predicted molar refractivity (Wildman–Crippen MR) is 88.6 cm³/mol. The third-order valence-electron chi connectivity index (χ3n) is 4.29. The fourth-order valence-corrected chi connectivity index (χ4v) is 4.27. The van der Waals surface area contributed by atoms with Crippen molar-refractivity contribution < 1.29 is 13.2 Å². The van der Waals surface area contributed by atoms with Crippen molar-refractivity contribution in [2.75, 3.05) is 26.2 Å². The van der Waals surface area contributed by atoms with Gasteiger partial charge in [-0.3, -0.25) is 9.88 Å². The van der Waals surface area contributed by atoms with Gasteiger partial charge >= 0.3 is 0 Å². The molecule has 23 heavy (non-hydrogen) atoms. The van der Waals surface area contributed by atoms with Gasteiger partial charge in [0.05, 0.1) is 23.7 Å². The van der Waals surface area contributed by atoms with Gasteiger partial charge in [-0.05, 0) is 38.3 Å². The zero-order valence-electron chi connectivity index (χ0n) is 13.6. The number of aromatic nitrogens is 1. The third-order valence-corrected chi connectivity index (χ3v) is 6.24. The topological polar surface area (TPSA) is 71.5 Å². The molecule has 1 aromatic heterocycles. The summed E-state index contributed by atoms with van der Waals surface area (Å²) in [5, 5.41) is -0.154. The van der Waals surface area contributed by atoms with Crippen LogP contribution in [0, 0.1) is 6.92 Å². The van der Waals surface area contributed by atoms with Crippen molar-refractivity contribution in [1.29, 1.82) is 0 Å². The van der Waals surface area contributed by atoms with Gasteiger partial charge in [0, 0.05) is 31.9 Å². The van der Waals surface area contributed by atoms with Gasteiger partial charge in [-0.15, -0.1) is 0 Å². The number of aryl methyl sites for hydroxylation is 1. The number of hydrogen-bond donors (Lipinski definition) is 1. The molecule has 6 nitrogen and oxygen atoms in total. The molecule has 1 saturated carbocycles. The third kappa shape index (κ3) is 4.97. The number of ether oxygens (including phenoxy) is 1. The Kier molecular flexibility index (Phi) is 5.31. The Morgan fingerprint density at radius 2 is 2.22 bits per heavy atom. The van der Waals surface area contributed by atoms with Crippen LogP contribution < -0.4 is 4.72 Å². The lowest BCUT2D eigenvalue weighted by Crippen LogP contribution is -2.43. The highest BCUT2D eigenvalue weighted by atomic mass is 32.2. The molecule has 2 heterocycles. The number of pyridine rings is 1. The van der Waals surface area contributed by atoms with Crippen LogP contribution in [0.5, 0.6) is 0 Å². The van der Waals surface area contributed by atoms with E-state index in [1.54, 1.807) is 0 Å². The van der Waals surface area contributed by atoms with E-state index in [-0.39, 0.29) is 11.4 Å². The standard InChI is InChI=1S/C16H25N3O3S/c1-13-3-2-4-14(18-13)11-19-9-10-22-15(12-19)7-8-17-23(20,21)16-5-6-16/h2-4,15-17H,5-12H2,1H3/t15-/m0/s1. The van der Waals surface area contributed by atoms with Gasteiger partial charge < -0.3 is 4.74 Å².